The third-order valence-electron chi connectivity index (χ3n) is 2.56. The van der Waals surface area contributed by atoms with E-state index in [1.807, 2.05) is 0 Å². The van der Waals surface area contributed by atoms with Crippen molar-refractivity contribution in [1.82, 2.24) is 10.1 Å². The predicted molar refractivity (Wildman–Crippen MR) is 57.1 cm³/mol. The summed E-state index contributed by atoms with van der Waals surface area (Å²) >= 11 is 3.06. The Morgan fingerprint density at radius 1 is 1.47 bits per heavy atom. The van der Waals surface area contributed by atoms with Crippen molar-refractivity contribution in [3.63, 3.8) is 0 Å². The van der Waals surface area contributed by atoms with Crippen molar-refractivity contribution in [2.24, 2.45) is 0 Å². The van der Waals surface area contributed by atoms with E-state index in [1.165, 1.54) is 0 Å². The zero-order chi connectivity index (χ0) is 10.9. The van der Waals surface area contributed by atoms with Crippen molar-refractivity contribution < 1.29 is 12.9 Å². The second-order valence-electron chi connectivity index (χ2n) is 3.65. The maximum Gasteiger partial charge on any atom is 0.238 e. The van der Waals surface area contributed by atoms with Crippen LogP contribution in [0.1, 0.15) is 25.2 Å². The van der Waals surface area contributed by atoms with Crippen molar-refractivity contribution in [2.45, 2.75) is 30.9 Å². The molecule has 2 heterocycles. The van der Waals surface area contributed by atoms with Gasteiger partial charge in [-0.25, -0.2) is 8.42 Å². The van der Waals surface area contributed by atoms with E-state index in [2.05, 4.69) is 26.1 Å². The van der Waals surface area contributed by atoms with Gasteiger partial charge in [-0.2, -0.15) is 4.98 Å². The van der Waals surface area contributed by atoms with Gasteiger partial charge in [0.05, 0.1) is 11.0 Å². The molecule has 0 aromatic carbocycles. The van der Waals surface area contributed by atoms with Crippen molar-refractivity contribution in [2.75, 3.05) is 5.75 Å². The van der Waals surface area contributed by atoms with Crippen molar-refractivity contribution in [3.05, 3.63) is 10.6 Å². The monoisotopic (exact) mass is 294 g/mol. The number of aromatic nitrogens is 2. The zero-order valence-corrected chi connectivity index (χ0v) is 10.4. The lowest BCUT2D eigenvalue weighted by atomic mass is 10.1. The van der Waals surface area contributed by atoms with Crippen LogP contribution in [0, 0.1) is 0 Å². The molecule has 0 bridgehead atoms. The fourth-order valence-electron chi connectivity index (χ4n) is 1.76. The average molecular weight is 295 g/mol. The summed E-state index contributed by atoms with van der Waals surface area (Å²) in [5.41, 5.74) is 0. The maximum atomic E-state index is 11.7. The molecule has 7 heteroatoms. The van der Waals surface area contributed by atoms with E-state index in [1.54, 1.807) is 0 Å². The molecule has 2 rings (SSSR count). The quantitative estimate of drug-likeness (QED) is 0.823. The first-order chi connectivity index (χ1) is 7.08. The van der Waals surface area contributed by atoms with E-state index < -0.39 is 9.84 Å². The van der Waals surface area contributed by atoms with Crippen LogP contribution in [-0.2, 0) is 16.3 Å². The fraction of sp³-hybridized carbons (Fsp3) is 0.750. The predicted octanol–water partition coefficient (Wildman–Crippen LogP) is 1.34. The Morgan fingerprint density at radius 2 is 2.27 bits per heavy atom. The standard InChI is InChI=1S/C8H11BrN2O3S/c9-8-10-7(14-11-8)5-6-3-1-2-4-15(6,12)13/h6H,1-5H2. The summed E-state index contributed by atoms with van der Waals surface area (Å²) in [7, 11) is -2.96. The van der Waals surface area contributed by atoms with Crippen LogP contribution in [0.3, 0.4) is 0 Å². The van der Waals surface area contributed by atoms with Crippen LogP contribution in [0.5, 0.6) is 0 Å². The molecule has 0 radical (unpaired) electrons. The molecule has 1 aliphatic heterocycles. The lowest BCUT2D eigenvalue weighted by Crippen LogP contribution is -2.30. The molecular weight excluding hydrogens is 284 g/mol. The van der Waals surface area contributed by atoms with E-state index >= 15 is 0 Å². The number of sulfone groups is 1. The summed E-state index contributed by atoms with van der Waals surface area (Å²) in [5.74, 6) is 0.671. The first kappa shape index (κ1) is 11.1. The third kappa shape index (κ3) is 2.57. The number of nitrogens with zero attached hydrogens (tertiary/aromatic N) is 2. The molecule has 1 unspecified atom stereocenters. The number of hydrogen-bond donors (Lipinski definition) is 0. The Kier molecular flexibility index (Phi) is 3.11. The summed E-state index contributed by atoms with van der Waals surface area (Å²) < 4.78 is 28.6. The van der Waals surface area contributed by atoms with Gasteiger partial charge in [0.25, 0.3) is 0 Å². The Balaban J connectivity index is 2.11. The highest BCUT2D eigenvalue weighted by Gasteiger charge is 2.30. The zero-order valence-electron chi connectivity index (χ0n) is 8.02. The lowest BCUT2D eigenvalue weighted by molar-refractivity contribution is 0.369. The molecule has 84 valence electrons. The van der Waals surface area contributed by atoms with Crippen molar-refractivity contribution in [3.8, 4) is 0 Å². The molecule has 1 aromatic heterocycles. The Hall–Kier alpha value is -0.430. The van der Waals surface area contributed by atoms with Crippen LogP contribution in [0.15, 0.2) is 9.26 Å². The van der Waals surface area contributed by atoms with Gasteiger partial charge in [-0.15, -0.1) is 0 Å². The fourth-order valence-corrected chi connectivity index (χ4v) is 3.89. The molecule has 0 spiro atoms. The largest absolute Gasteiger partial charge is 0.338 e. The van der Waals surface area contributed by atoms with Gasteiger partial charge in [-0.05, 0) is 33.9 Å². The van der Waals surface area contributed by atoms with E-state index in [9.17, 15) is 8.42 Å². The van der Waals surface area contributed by atoms with Crippen LogP contribution in [0.4, 0.5) is 0 Å². The molecule has 1 saturated heterocycles. The highest BCUT2D eigenvalue weighted by molar-refractivity contribution is 9.10. The molecule has 1 aliphatic rings. The van der Waals surface area contributed by atoms with Gasteiger partial charge in [-0.3, -0.25) is 0 Å². The van der Waals surface area contributed by atoms with E-state index in [0.717, 1.165) is 12.8 Å². The molecule has 1 fully saturated rings. The number of hydrogen-bond acceptors (Lipinski definition) is 5. The van der Waals surface area contributed by atoms with Crippen LogP contribution in [0.25, 0.3) is 0 Å². The summed E-state index contributed by atoms with van der Waals surface area (Å²) in [4.78, 5) is 3.94. The average Bonchev–Trinajstić information content (AvgIpc) is 2.55. The third-order valence-corrected chi connectivity index (χ3v) is 5.16. The Bertz CT molecular complexity index is 442. The summed E-state index contributed by atoms with van der Waals surface area (Å²) in [5, 5.41) is 3.22. The van der Waals surface area contributed by atoms with Crippen LogP contribution in [-0.4, -0.2) is 29.6 Å². The topological polar surface area (TPSA) is 73.1 Å². The second kappa shape index (κ2) is 4.21. The van der Waals surface area contributed by atoms with Crippen molar-refractivity contribution >= 4 is 25.8 Å². The first-order valence-electron chi connectivity index (χ1n) is 4.77. The van der Waals surface area contributed by atoms with Gasteiger partial charge in [0, 0.05) is 6.42 Å². The van der Waals surface area contributed by atoms with E-state index in [4.69, 9.17) is 4.52 Å². The Labute approximate surface area is 96.3 Å². The lowest BCUT2D eigenvalue weighted by Gasteiger charge is -2.20. The summed E-state index contributed by atoms with van der Waals surface area (Å²) in [6.45, 7) is 0. The molecule has 0 saturated carbocycles. The van der Waals surface area contributed by atoms with E-state index in [-0.39, 0.29) is 11.0 Å². The highest BCUT2D eigenvalue weighted by Crippen LogP contribution is 2.22. The molecule has 1 atom stereocenters. The van der Waals surface area contributed by atoms with E-state index in [0.29, 0.717) is 23.5 Å². The van der Waals surface area contributed by atoms with Gasteiger partial charge < -0.3 is 4.52 Å². The van der Waals surface area contributed by atoms with Gasteiger partial charge in [0.1, 0.15) is 0 Å². The molecule has 0 aliphatic carbocycles. The SMILES string of the molecule is O=S1(=O)CCCCC1Cc1nc(Br)no1. The normalized spacial score (nSPS) is 25.3. The summed E-state index contributed by atoms with van der Waals surface area (Å²) in [6, 6.07) is 0. The molecule has 0 amide bonds. The van der Waals surface area contributed by atoms with Gasteiger partial charge in [-0.1, -0.05) is 6.42 Å². The minimum absolute atomic E-state index is 0.285. The van der Waals surface area contributed by atoms with Crippen LogP contribution in [0.2, 0.25) is 0 Å². The Morgan fingerprint density at radius 3 is 2.87 bits per heavy atom. The minimum Gasteiger partial charge on any atom is -0.338 e. The molecular formula is C8H11BrN2O3S. The van der Waals surface area contributed by atoms with Crippen LogP contribution >= 0.6 is 15.9 Å². The molecule has 15 heavy (non-hydrogen) atoms. The highest BCUT2D eigenvalue weighted by atomic mass is 79.9. The van der Waals surface area contributed by atoms with Crippen LogP contribution < -0.4 is 0 Å². The second-order valence-corrected chi connectivity index (χ2v) is 6.76. The molecule has 0 N–H and O–H groups in total. The maximum absolute atomic E-state index is 11.7. The van der Waals surface area contributed by atoms with Gasteiger partial charge in [0.15, 0.2) is 9.84 Å². The first-order valence-corrected chi connectivity index (χ1v) is 7.28. The molecule has 1 aromatic rings. The number of rotatable bonds is 2. The smallest absolute Gasteiger partial charge is 0.238 e. The minimum atomic E-state index is -2.96. The number of halogens is 1. The molecule has 5 nitrogen and oxygen atoms in total. The summed E-state index contributed by atoms with van der Waals surface area (Å²) in [6.07, 6.45) is 2.76. The van der Waals surface area contributed by atoms with Gasteiger partial charge in [0.2, 0.25) is 10.6 Å². The van der Waals surface area contributed by atoms with Gasteiger partial charge >= 0.3 is 0 Å². The van der Waals surface area contributed by atoms with Crippen molar-refractivity contribution in [1.29, 1.82) is 0 Å².